The molecule has 82 valence electrons. The number of thioether (sulfide) groups is 1. The molecular formula is C9H13N3O2S. The highest BCUT2D eigenvalue weighted by atomic mass is 32.2. The molecule has 1 aromatic heterocycles. The molecule has 0 aliphatic rings. The first kappa shape index (κ1) is 11.8. The average Bonchev–Trinajstić information content (AvgIpc) is 2.16. The summed E-state index contributed by atoms with van der Waals surface area (Å²) >= 11 is 1.40. The molecule has 1 heterocycles. The summed E-state index contributed by atoms with van der Waals surface area (Å²) in [5, 5.41) is 0. The molecule has 0 aliphatic carbocycles. The molecule has 5 nitrogen and oxygen atoms in total. The van der Waals surface area contributed by atoms with E-state index in [1.807, 2.05) is 6.92 Å². The molecule has 0 amide bonds. The molecule has 0 bridgehead atoms. The van der Waals surface area contributed by atoms with Gasteiger partial charge in [-0.3, -0.25) is 4.79 Å². The van der Waals surface area contributed by atoms with Gasteiger partial charge in [-0.2, -0.15) is 0 Å². The van der Waals surface area contributed by atoms with Crippen molar-refractivity contribution in [2.75, 3.05) is 18.6 Å². The van der Waals surface area contributed by atoms with E-state index in [4.69, 9.17) is 5.73 Å². The van der Waals surface area contributed by atoms with Gasteiger partial charge in [0.1, 0.15) is 11.6 Å². The van der Waals surface area contributed by atoms with Crippen molar-refractivity contribution in [2.45, 2.75) is 12.7 Å². The number of hydrogen-bond acceptors (Lipinski definition) is 6. The van der Waals surface area contributed by atoms with E-state index in [0.29, 0.717) is 23.1 Å². The summed E-state index contributed by atoms with van der Waals surface area (Å²) in [6.45, 7) is 1.85. The van der Waals surface area contributed by atoms with Gasteiger partial charge in [0.2, 0.25) is 0 Å². The molecule has 0 saturated carbocycles. The quantitative estimate of drug-likeness (QED) is 0.766. The number of anilines is 1. The van der Waals surface area contributed by atoms with Crippen molar-refractivity contribution in [3.05, 3.63) is 17.6 Å². The van der Waals surface area contributed by atoms with Crippen molar-refractivity contribution in [1.29, 1.82) is 0 Å². The first-order chi connectivity index (χ1) is 7.11. The van der Waals surface area contributed by atoms with Gasteiger partial charge in [-0.25, -0.2) is 9.97 Å². The predicted octanol–water partition coefficient (Wildman–Crippen LogP) is 0.773. The van der Waals surface area contributed by atoms with Crippen LogP contribution < -0.4 is 5.73 Å². The van der Waals surface area contributed by atoms with E-state index in [0.717, 1.165) is 5.69 Å². The van der Waals surface area contributed by atoms with Crippen LogP contribution >= 0.6 is 11.8 Å². The van der Waals surface area contributed by atoms with E-state index in [1.54, 1.807) is 6.07 Å². The van der Waals surface area contributed by atoms with Gasteiger partial charge >= 0.3 is 5.97 Å². The maximum Gasteiger partial charge on any atom is 0.315 e. The van der Waals surface area contributed by atoms with Crippen molar-refractivity contribution >= 4 is 23.5 Å². The Bertz CT molecular complexity index is 337. The van der Waals surface area contributed by atoms with Crippen LogP contribution in [0.3, 0.4) is 0 Å². The third-order valence-corrected chi connectivity index (χ3v) is 2.50. The molecule has 0 aliphatic heterocycles. The molecule has 0 aromatic carbocycles. The van der Waals surface area contributed by atoms with Crippen LogP contribution in [0, 0.1) is 6.92 Å². The number of aryl methyl sites for hydroxylation is 1. The third kappa shape index (κ3) is 4.16. The zero-order valence-corrected chi connectivity index (χ0v) is 9.50. The van der Waals surface area contributed by atoms with Crippen LogP contribution in [0.4, 0.5) is 5.82 Å². The summed E-state index contributed by atoms with van der Waals surface area (Å²) in [5.74, 6) is 1.70. The van der Waals surface area contributed by atoms with Crippen LogP contribution in [0.15, 0.2) is 6.07 Å². The Morgan fingerprint density at radius 2 is 2.33 bits per heavy atom. The minimum atomic E-state index is -0.249. The van der Waals surface area contributed by atoms with Crippen LogP contribution in [0.5, 0.6) is 0 Å². The number of carbonyl (C=O) groups excluding carboxylic acids is 1. The number of ether oxygens (including phenoxy) is 1. The number of aromatic nitrogens is 2. The maximum absolute atomic E-state index is 10.8. The highest BCUT2D eigenvalue weighted by Crippen LogP contribution is 2.10. The van der Waals surface area contributed by atoms with Crippen molar-refractivity contribution < 1.29 is 9.53 Å². The lowest BCUT2D eigenvalue weighted by molar-refractivity contribution is -0.137. The minimum absolute atomic E-state index is 0.249. The lowest BCUT2D eigenvalue weighted by Crippen LogP contribution is -2.05. The molecule has 1 rings (SSSR count). The van der Waals surface area contributed by atoms with Gasteiger partial charge in [0, 0.05) is 11.8 Å². The van der Waals surface area contributed by atoms with Gasteiger partial charge in [-0.1, -0.05) is 0 Å². The van der Waals surface area contributed by atoms with E-state index >= 15 is 0 Å². The Hall–Kier alpha value is -1.30. The summed E-state index contributed by atoms with van der Waals surface area (Å²) in [6, 6.07) is 1.70. The maximum atomic E-state index is 10.8. The minimum Gasteiger partial charge on any atom is -0.468 e. The van der Waals surface area contributed by atoms with E-state index in [1.165, 1.54) is 18.9 Å². The molecule has 15 heavy (non-hydrogen) atoms. The molecule has 0 spiro atoms. The van der Waals surface area contributed by atoms with E-state index in [9.17, 15) is 4.79 Å². The van der Waals surface area contributed by atoms with Crippen LogP contribution in [0.25, 0.3) is 0 Å². The zero-order valence-electron chi connectivity index (χ0n) is 8.69. The third-order valence-electron chi connectivity index (χ3n) is 1.60. The van der Waals surface area contributed by atoms with Crippen LogP contribution in [-0.2, 0) is 15.3 Å². The Labute approximate surface area is 92.4 Å². The summed E-state index contributed by atoms with van der Waals surface area (Å²) in [5.41, 5.74) is 6.39. The Kier molecular flexibility index (Phi) is 4.36. The Balaban J connectivity index is 2.47. The number of nitrogens with two attached hydrogens (primary N) is 1. The number of hydrogen-bond donors (Lipinski definition) is 1. The Morgan fingerprint density at radius 3 is 2.93 bits per heavy atom. The molecule has 1 aromatic rings. The second-order valence-electron chi connectivity index (χ2n) is 2.92. The summed E-state index contributed by atoms with van der Waals surface area (Å²) in [4.78, 5) is 19.1. The van der Waals surface area contributed by atoms with Crippen LogP contribution in [0.1, 0.15) is 11.5 Å². The lowest BCUT2D eigenvalue weighted by atomic mass is 10.4. The number of nitrogen functional groups attached to an aromatic ring is 1. The highest BCUT2D eigenvalue weighted by Gasteiger charge is 2.03. The largest absolute Gasteiger partial charge is 0.468 e. The van der Waals surface area contributed by atoms with Gasteiger partial charge in [-0.15, -0.1) is 11.8 Å². The summed E-state index contributed by atoms with van der Waals surface area (Å²) < 4.78 is 4.51. The predicted molar refractivity (Wildman–Crippen MR) is 59.4 cm³/mol. The van der Waals surface area contributed by atoms with E-state index in [-0.39, 0.29) is 5.97 Å². The Morgan fingerprint density at radius 1 is 1.60 bits per heavy atom. The van der Waals surface area contributed by atoms with Gasteiger partial charge in [0.15, 0.2) is 0 Å². The molecular weight excluding hydrogens is 214 g/mol. The highest BCUT2D eigenvalue weighted by molar-refractivity contribution is 7.99. The normalized spacial score (nSPS) is 10.0. The fourth-order valence-electron chi connectivity index (χ4n) is 1.01. The van der Waals surface area contributed by atoms with Gasteiger partial charge < -0.3 is 10.5 Å². The molecule has 6 heteroatoms. The monoisotopic (exact) mass is 227 g/mol. The van der Waals surface area contributed by atoms with Crippen LogP contribution in [-0.4, -0.2) is 28.8 Å². The number of nitrogens with zero attached hydrogens (tertiary/aromatic N) is 2. The van der Waals surface area contributed by atoms with Crippen molar-refractivity contribution in [3.8, 4) is 0 Å². The molecule has 0 saturated heterocycles. The molecule has 2 N–H and O–H groups in total. The standard InChI is InChI=1S/C9H13N3O2S/c1-6-3-7(10)12-8(11-6)4-15-5-9(13)14-2/h3H,4-5H2,1-2H3,(H2,10,11,12). The fourth-order valence-corrected chi connectivity index (χ4v) is 1.70. The van der Waals surface area contributed by atoms with Crippen molar-refractivity contribution in [3.63, 3.8) is 0 Å². The number of esters is 1. The van der Waals surface area contributed by atoms with E-state index in [2.05, 4.69) is 14.7 Å². The SMILES string of the molecule is COC(=O)CSCc1nc(C)cc(N)n1. The zero-order chi connectivity index (χ0) is 11.3. The summed E-state index contributed by atoms with van der Waals surface area (Å²) in [7, 11) is 1.37. The molecule has 0 unspecified atom stereocenters. The van der Waals surface area contributed by atoms with Gasteiger partial charge in [0.25, 0.3) is 0 Å². The van der Waals surface area contributed by atoms with Gasteiger partial charge in [-0.05, 0) is 6.92 Å². The second kappa shape index (κ2) is 5.55. The lowest BCUT2D eigenvalue weighted by Gasteiger charge is -2.02. The molecule has 0 atom stereocenters. The van der Waals surface area contributed by atoms with Gasteiger partial charge in [0.05, 0.1) is 18.6 Å². The first-order valence-corrected chi connectivity index (χ1v) is 5.52. The first-order valence-electron chi connectivity index (χ1n) is 4.36. The molecule has 0 radical (unpaired) electrons. The smallest absolute Gasteiger partial charge is 0.315 e. The van der Waals surface area contributed by atoms with Crippen LogP contribution in [0.2, 0.25) is 0 Å². The van der Waals surface area contributed by atoms with E-state index < -0.39 is 0 Å². The fraction of sp³-hybridized carbons (Fsp3) is 0.444. The second-order valence-corrected chi connectivity index (χ2v) is 3.90. The average molecular weight is 227 g/mol. The number of methoxy groups -OCH3 is 1. The summed E-state index contributed by atoms with van der Waals surface area (Å²) in [6.07, 6.45) is 0. The molecule has 0 fully saturated rings. The van der Waals surface area contributed by atoms with Crippen molar-refractivity contribution in [1.82, 2.24) is 9.97 Å². The van der Waals surface area contributed by atoms with Crippen molar-refractivity contribution in [2.24, 2.45) is 0 Å². The number of rotatable bonds is 4. The number of carbonyl (C=O) groups is 1. The topological polar surface area (TPSA) is 78.1 Å².